The SMILES string of the molecule is CC(C)(C)C1CCC(O)C(CN2CC(O)C(O)C2)C1. The largest absolute Gasteiger partial charge is 0.393 e. The number of aliphatic hydroxyl groups excluding tert-OH is 3. The summed E-state index contributed by atoms with van der Waals surface area (Å²) in [5.41, 5.74) is 0.294. The molecule has 1 saturated carbocycles. The van der Waals surface area contributed by atoms with E-state index in [-0.39, 0.29) is 12.0 Å². The summed E-state index contributed by atoms with van der Waals surface area (Å²) in [6.45, 7) is 8.68. The van der Waals surface area contributed by atoms with Crippen LogP contribution in [0.5, 0.6) is 0 Å². The average Bonchev–Trinajstić information content (AvgIpc) is 2.59. The van der Waals surface area contributed by atoms with Crippen molar-refractivity contribution < 1.29 is 15.3 Å². The first kappa shape index (κ1) is 15.2. The fourth-order valence-corrected chi connectivity index (χ4v) is 3.56. The first-order valence-corrected chi connectivity index (χ1v) is 7.54. The molecule has 0 aromatic heterocycles. The van der Waals surface area contributed by atoms with E-state index < -0.39 is 12.2 Å². The van der Waals surface area contributed by atoms with Crippen LogP contribution in [0.1, 0.15) is 40.0 Å². The van der Waals surface area contributed by atoms with E-state index in [9.17, 15) is 15.3 Å². The van der Waals surface area contributed by atoms with Crippen LogP contribution in [0.2, 0.25) is 0 Å². The molecule has 0 aromatic carbocycles. The van der Waals surface area contributed by atoms with Crippen LogP contribution < -0.4 is 0 Å². The molecule has 4 heteroatoms. The van der Waals surface area contributed by atoms with E-state index in [4.69, 9.17) is 0 Å². The predicted octanol–water partition coefficient (Wildman–Crippen LogP) is 0.847. The summed E-state index contributed by atoms with van der Waals surface area (Å²) in [4.78, 5) is 2.09. The highest BCUT2D eigenvalue weighted by Gasteiger charge is 2.38. The maximum atomic E-state index is 10.2. The average molecular weight is 271 g/mol. The molecule has 2 aliphatic rings. The van der Waals surface area contributed by atoms with Gasteiger partial charge in [0.05, 0.1) is 18.3 Å². The van der Waals surface area contributed by atoms with Crippen molar-refractivity contribution in [2.45, 2.75) is 58.3 Å². The highest BCUT2D eigenvalue weighted by Crippen LogP contribution is 2.40. The summed E-state index contributed by atoms with van der Waals surface area (Å²) in [5, 5.41) is 29.4. The van der Waals surface area contributed by atoms with Crippen LogP contribution in [0, 0.1) is 17.3 Å². The number of rotatable bonds is 2. The first-order valence-electron chi connectivity index (χ1n) is 7.54. The lowest BCUT2D eigenvalue weighted by Crippen LogP contribution is -2.41. The molecule has 0 spiro atoms. The molecule has 1 saturated heterocycles. The third-order valence-corrected chi connectivity index (χ3v) is 4.99. The Morgan fingerprint density at radius 2 is 1.53 bits per heavy atom. The first-order chi connectivity index (χ1) is 8.77. The molecule has 2 fully saturated rings. The number of nitrogens with zero attached hydrogens (tertiary/aromatic N) is 1. The third-order valence-electron chi connectivity index (χ3n) is 4.99. The van der Waals surface area contributed by atoms with E-state index in [1.807, 2.05) is 0 Å². The topological polar surface area (TPSA) is 63.9 Å². The maximum Gasteiger partial charge on any atom is 0.0938 e. The highest BCUT2D eigenvalue weighted by molar-refractivity contribution is 4.90. The van der Waals surface area contributed by atoms with Crippen molar-refractivity contribution in [1.82, 2.24) is 4.90 Å². The normalized spacial score (nSPS) is 41.7. The van der Waals surface area contributed by atoms with E-state index in [0.29, 0.717) is 24.4 Å². The van der Waals surface area contributed by atoms with Gasteiger partial charge in [-0.1, -0.05) is 20.8 Å². The minimum Gasteiger partial charge on any atom is -0.393 e. The summed E-state index contributed by atoms with van der Waals surface area (Å²) in [7, 11) is 0. The van der Waals surface area contributed by atoms with Gasteiger partial charge in [-0.05, 0) is 36.5 Å². The van der Waals surface area contributed by atoms with E-state index in [0.717, 1.165) is 25.8 Å². The van der Waals surface area contributed by atoms with Crippen LogP contribution in [0.25, 0.3) is 0 Å². The summed E-state index contributed by atoms with van der Waals surface area (Å²) in [6, 6.07) is 0. The lowest BCUT2D eigenvalue weighted by Gasteiger charge is -2.41. The van der Waals surface area contributed by atoms with Crippen LogP contribution in [0.15, 0.2) is 0 Å². The van der Waals surface area contributed by atoms with Crippen LogP contribution >= 0.6 is 0 Å². The Hall–Kier alpha value is -0.160. The Balaban J connectivity index is 1.91. The summed E-state index contributed by atoms with van der Waals surface area (Å²) >= 11 is 0. The van der Waals surface area contributed by atoms with E-state index in [1.54, 1.807) is 0 Å². The lowest BCUT2D eigenvalue weighted by molar-refractivity contribution is 0.00453. The summed E-state index contributed by atoms with van der Waals surface area (Å²) < 4.78 is 0. The van der Waals surface area contributed by atoms with Crippen molar-refractivity contribution in [1.29, 1.82) is 0 Å². The quantitative estimate of drug-likeness (QED) is 0.696. The second kappa shape index (κ2) is 5.68. The van der Waals surface area contributed by atoms with E-state index >= 15 is 0 Å². The van der Waals surface area contributed by atoms with Crippen molar-refractivity contribution in [3.63, 3.8) is 0 Å². The Morgan fingerprint density at radius 1 is 0.947 bits per heavy atom. The van der Waals surface area contributed by atoms with Gasteiger partial charge in [0.25, 0.3) is 0 Å². The Labute approximate surface area is 116 Å². The zero-order chi connectivity index (χ0) is 14.2. The van der Waals surface area contributed by atoms with Crippen LogP contribution in [0.4, 0.5) is 0 Å². The Bertz CT molecular complexity index is 292. The molecule has 4 nitrogen and oxygen atoms in total. The molecule has 1 heterocycles. The molecule has 0 amide bonds. The monoisotopic (exact) mass is 271 g/mol. The molecule has 2 rings (SSSR count). The van der Waals surface area contributed by atoms with Crippen LogP contribution in [0.3, 0.4) is 0 Å². The molecule has 3 N–H and O–H groups in total. The highest BCUT2D eigenvalue weighted by atomic mass is 16.3. The summed E-state index contributed by atoms with van der Waals surface area (Å²) in [5.74, 6) is 0.925. The Kier molecular flexibility index (Phi) is 4.56. The van der Waals surface area contributed by atoms with Crippen molar-refractivity contribution in [3.8, 4) is 0 Å². The molecule has 0 aromatic rings. The van der Waals surface area contributed by atoms with Crippen LogP contribution in [-0.2, 0) is 0 Å². The molecular weight excluding hydrogens is 242 g/mol. The second-order valence-electron chi connectivity index (χ2n) is 7.56. The molecule has 5 atom stereocenters. The second-order valence-corrected chi connectivity index (χ2v) is 7.56. The lowest BCUT2D eigenvalue weighted by atomic mass is 9.68. The molecule has 0 bridgehead atoms. The van der Waals surface area contributed by atoms with Gasteiger partial charge in [0.2, 0.25) is 0 Å². The molecule has 1 aliphatic heterocycles. The molecule has 5 unspecified atom stereocenters. The molecule has 1 aliphatic carbocycles. The van der Waals surface area contributed by atoms with Crippen molar-refractivity contribution in [2.24, 2.45) is 17.3 Å². The zero-order valence-electron chi connectivity index (χ0n) is 12.4. The van der Waals surface area contributed by atoms with Gasteiger partial charge in [0.15, 0.2) is 0 Å². The fraction of sp³-hybridized carbons (Fsp3) is 1.00. The zero-order valence-corrected chi connectivity index (χ0v) is 12.4. The smallest absolute Gasteiger partial charge is 0.0938 e. The van der Waals surface area contributed by atoms with Gasteiger partial charge in [-0.2, -0.15) is 0 Å². The van der Waals surface area contributed by atoms with E-state index in [2.05, 4.69) is 25.7 Å². The minimum absolute atomic E-state index is 0.228. The van der Waals surface area contributed by atoms with Gasteiger partial charge in [-0.25, -0.2) is 0 Å². The fourth-order valence-electron chi connectivity index (χ4n) is 3.56. The number of β-amino-alcohol motifs (C(OH)–C–C–N with tert-alkyl or cyclic N) is 2. The minimum atomic E-state index is -0.626. The third kappa shape index (κ3) is 3.69. The number of hydrogen-bond donors (Lipinski definition) is 3. The van der Waals surface area contributed by atoms with Crippen molar-refractivity contribution in [3.05, 3.63) is 0 Å². The number of hydrogen-bond acceptors (Lipinski definition) is 4. The molecule has 0 radical (unpaired) electrons. The van der Waals surface area contributed by atoms with Gasteiger partial charge in [-0.3, -0.25) is 4.90 Å². The van der Waals surface area contributed by atoms with Gasteiger partial charge >= 0.3 is 0 Å². The van der Waals surface area contributed by atoms with Gasteiger partial charge in [-0.15, -0.1) is 0 Å². The predicted molar refractivity (Wildman–Crippen MR) is 74.7 cm³/mol. The maximum absolute atomic E-state index is 10.2. The molecule has 19 heavy (non-hydrogen) atoms. The molecule has 112 valence electrons. The van der Waals surface area contributed by atoms with Crippen molar-refractivity contribution in [2.75, 3.05) is 19.6 Å². The molecular formula is C15H29NO3. The van der Waals surface area contributed by atoms with Gasteiger partial charge in [0, 0.05) is 19.6 Å². The van der Waals surface area contributed by atoms with Gasteiger partial charge < -0.3 is 15.3 Å². The summed E-state index contributed by atoms with van der Waals surface area (Å²) in [6.07, 6.45) is 1.55. The van der Waals surface area contributed by atoms with Crippen molar-refractivity contribution >= 4 is 0 Å². The van der Waals surface area contributed by atoms with Crippen LogP contribution in [-0.4, -0.2) is 58.2 Å². The number of aliphatic hydroxyl groups is 3. The Morgan fingerprint density at radius 3 is 2.05 bits per heavy atom. The standard InChI is InChI=1S/C15H29NO3/c1-15(2,3)11-4-5-12(17)10(6-11)7-16-8-13(18)14(19)9-16/h10-14,17-19H,4-9H2,1-3H3. The van der Waals surface area contributed by atoms with Gasteiger partial charge in [0.1, 0.15) is 0 Å². The van der Waals surface area contributed by atoms with E-state index in [1.165, 1.54) is 0 Å². The number of likely N-dealkylation sites (tertiary alicyclic amines) is 1.